The Morgan fingerprint density at radius 2 is 1.95 bits per heavy atom. The van der Waals surface area contributed by atoms with E-state index < -0.39 is 0 Å². The van der Waals surface area contributed by atoms with Crippen molar-refractivity contribution in [2.75, 3.05) is 18.4 Å². The first kappa shape index (κ1) is 15.1. The van der Waals surface area contributed by atoms with Gasteiger partial charge in [-0.25, -0.2) is 9.97 Å². The van der Waals surface area contributed by atoms with Gasteiger partial charge in [0.25, 0.3) is 5.91 Å². The number of nitrogens with one attached hydrogen (secondary N) is 1. The zero-order valence-corrected chi connectivity index (χ0v) is 13.2. The zero-order chi connectivity index (χ0) is 15.5. The predicted molar refractivity (Wildman–Crippen MR) is 86.9 cm³/mol. The molecule has 0 radical (unpaired) electrons. The summed E-state index contributed by atoms with van der Waals surface area (Å²) in [6.07, 6.45) is 3.65. The van der Waals surface area contributed by atoms with Crippen molar-refractivity contribution in [1.29, 1.82) is 0 Å². The molecular weight excluding hydrogens is 323 g/mol. The molecule has 1 N–H and O–H groups in total. The summed E-state index contributed by atoms with van der Waals surface area (Å²) in [5.41, 5.74) is 1.02. The van der Waals surface area contributed by atoms with E-state index in [0.29, 0.717) is 27.4 Å². The van der Waals surface area contributed by atoms with Gasteiger partial charge in [-0.05, 0) is 37.1 Å². The topological polar surface area (TPSA) is 58.1 Å². The van der Waals surface area contributed by atoms with Crippen LogP contribution in [0.3, 0.4) is 0 Å². The van der Waals surface area contributed by atoms with Crippen molar-refractivity contribution in [2.45, 2.75) is 12.8 Å². The van der Waals surface area contributed by atoms with Gasteiger partial charge in [-0.3, -0.25) is 4.79 Å². The fourth-order valence-electron chi connectivity index (χ4n) is 2.33. The maximum Gasteiger partial charge on any atom is 0.272 e. The second-order valence-corrected chi connectivity index (χ2v) is 5.86. The van der Waals surface area contributed by atoms with Crippen molar-refractivity contribution in [3.8, 4) is 0 Å². The van der Waals surface area contributed by atoms with E-state index in [0.717, 1.165) is 25.9 Å². The number of likely N-dealkylation sites (tertiary alicyclic amines) is 1. The average molecular weight is 337 g/mol. The van der Waals surface area contributed by atoms with Gasteiger partial charge in [0.05, 0.1) is 10.7 Å². The third-order valence-electron chi connectivity index (χ3n) is 3.45. The van der Waals surface area contributed by atoms with Crippen LogP contribution < -0.4 is 5.32 Å². The molecule has 0 unspecified atom stereocenters. The number of carbonyl (C=O) groups is 1. The highest BCUT2D eigenvalue weighted by Crippen LogP contribution is 2.27. The minimum absolute atomic E-state index is 0.0647. The number of aromatic nitrogens is 2. The number of hydrogen-bond acceptors (Lipinski definition) is 4. The van der Waals surface area contributed by atoms with Gasteiger partial charge < -0.3 is 10.2 Å². The second-order valence-electron chi connectivity index (χ2n) is 5.01. The number of hydrogen-bond donors (Lipinski definition) is 1. The predicted octanol–water partition coefficient (Wildman–Crippen LogP) is 3.76. The number of benzene rings is 1. The molecule has 1 aliphatic heterocycles. The van der Waals surface area contributed by atoms with Gasteiger partial charge in [-0.1, -0.05) is 23.2 Å². The summed E-state index contributed by atoms with van der Waals surface area (Å²) in [6, 6.07) is 6.71. The molecule has 1 amide bonds. The number of carbonyl (C=O) groups excluding carboxylic acids is 1. The number of nitrogens with zero attached hydrogens (tertiary/aromatic N) is 3. The largest absolute Gasteiger partial charge is 0.337 e. The molecule has 1 aromatic heterocycles. The molecule has 2 aromatic rings. The fourth-order valence-corrected chi connectivity index (χ4v) is 2.79. The first-order valence-electron chi connectivity index (χ1n) is 6.98. The Hall–Kier alpha value is -1.85. The fraction of sp³-hybridized carbons (Fsp3) is 0.267. The van der Waals surface area contributed by atoms with Crippen LogP contribution in [-0.2, 0) is 0 Å². The molecule has 1 aromatic carbocycles. The van der Waals surface area contributed by atoms with Crippen molar-refractivity contribution >= 4 is 40.7 Å². The Labute approximate surface area is 138 Å². The molecule has 3 rings (SSSR count). The van der Waals surface area contributed by atoms with Crippen LogP contribution in [0.4, 0.5) is 11.6 Å². The van der Waals surface area contributed by atoms with E-state index in [2.05, 4.69) is 15.3 Å². The molecule has 1 fully saturated rings. The third kappa shape index (κ3) is 3.31. The molecular formula is C15H14Cl2N4O. The number of anilines is 2. The molecule has 2 heterocycles. The molecule has 0 saturated carbocycles. The van der Waals surface area contributed by atoms with E-state index in [1.54, 1.807) is 35.4 Å². The SMILES string of the molecule is O=C(c1ccnc(Nc2ccc(Cl)cc2Cl)n1)N1CCCC1. The van der Waals surface area contributed by atoms with Crippen LogP contribution >= 0.6 is 23.2 Å². The molecule has 1 saturated heterocycles. The van der Waals surface area contributed by atoms with Gasteiger partial charge >= 0.3 is 0 Å². The molecule has 0 bridgehead atoms. The summed E-state index contributed by atoms with van der Waals surface area (Å²) in [5.74, 6) is 0.263. The number of amides is 1. The number of halogens is 2. The lowest BCUT2D eigenvalue weighted by molar-refractivity contribution is 0.0787. The third-order valence-corrected chi connectivity index (χ3v) is 3.99. The van der Waals surface area contributed by atoms with Crippen molar-refractivity contribution in [3.63, 3.8) is 0 Å². The molecule has 7 heteroatoms. The smallest absolute Gasteiger partial charge is 0.272 e. The zero-order valence-electron chi connectivity index (χ0n) is 11.7. The van der Waals surface area contributed by atoms with Crippen LogP contribution in [0, 0.1) is 0 Å². The van der Waals surface area contributed by atoms with E-state index >= 15 is 0 Å². The average Bonchev–Trinajstić information content (AvgIpc) is 3.04. The van der Waals surface area contributed by atoms with Crippen LogP contribution in [0.1, 0.15) is 23.3 Å². The van der Waals surface area contributed by atoms with Crippen molar-refractivity contribution < 1.29 is 4.79 Å². The van der Waals surface area contributed by atoms with Gasteiger partial charge in [0.15, 0.2) is 0 Å². The molecule has 0 spiro atoms. The molecule has 5 nitrogen and oxygen atoms in total. The first-order valence-corrected chi connectivity index (χ1v) is 7.73. The molecule has 0 aliphatic carbocycles. The Kier molecular flexibility index (Phi) is 4.45. The van der Waals surface area contributed by atoms with E-state index in [1.807, 2.05) is 0 Å². The Bertz CT molecular complexity index is 702. The standard InChI is InChI=1S/C15H14Cl2N4O/c16-10-3-4-12(11(17)9-10)19-15-18-6-5-13(20-15)14(22)21-7-1-2-8-21/h3-6,9H,1-2,7-8H2,(H,18,19,20). The van der Waals surface area contributed by atoms with Gasteiger partial charge in [0.1, 0.15) is 5.69 Å². The maximum absolute atomic E-state index is 12.3. The normalized spacial score (nSPS) is 14.2. The molecule has 0 atom stereocenters. The lowest BCUT2D eigenvalue weighted by Crippen LogP contribution is -2.28. The Morgan fingerprint density at radius 1 is 1.18 bits per heavy atom. The van der Waals surface area contributed by atoms with Gasteiger partial charge in [0, 0.05) is 24.3 Å². The maximum atomic E-state index is 12.3. The Balaban J connectivity index is 1.80. The van der Waals surface area contributed by atoms with E-state index in [9.17, 15) is 4.79 Å². The van der Waals surface area contributed by atoms with Gasteiger partial charge in [0.2, 0.25) is 5.95 Å². The summed E-state index contributed by atoms with van der Waals surface area (Å²) in [4.78, 5) is 22.5. The minimum Gasteiger partial charge on any atom is -0.337 e. The van der Waals surface area contributed by atoms with E-state index in [1.165, 1.54) is 0 Å². The summed E-state index contributed by atoms with van der Waals surface area (Å²) >= 11 is 12.0. The summed E-state index contributed by atoms with van der Waals surface area (Å²) in [5, 5.41) is 4.02. The number of rotatable bonds is 3. The summed E-state index contributed by atoms with van der Waals surface area (Å²) in [6.45, 7) is 1.57. The van der Waals surface area contributed by atoms with Crippen LogP contribution in [0.5, 0.6) is 0 Å². The van der Waals surface area contributed by atoms with Crippen LogP contribution in [0.25, 0.3) is 0 Å². The van der Waals surface area contributed by atoms with Crippen molar-refractivity contribution in [2.24, 2.45) is 0 Å². The lowest BCUT2D eigenvalue weighted by Gasteiger charge is -2.15. The lowest BCUT2D eigenvalue weighted by atomic mass is 10.3. The Morgan fingerprint density at radius 3 is 2.68 bits per heavy atom. The van der Waals surface area contributed by atoms with E-state index in [-0.39, 0.29) is 5.91 Å². The monoisotopic (exact) mass is 336 g/mol. The quantitative estimate of drug-likeness (QED) is 0.926. The van der Waals surface area contributed by atoms with Crippen LogP contribution in [-0.4, -0.2) is 33.9 Å². The highest BCUT2D eigenvalue weighted by Gasteiger charge is 2.20. The molecule has 114 valence electrons. The van der Waals surface area contributed by atoms with Crippen LogP contribution in [0.2, 0.25) is 10.0 Å². The highest BCUT2D eigenvalue weighted by molar-refractivity contribution is 6.36. The molecule has 22 heavy (non-hydrogen) atoms. The van der Waals surface area contributed by atoms with Crippen molar-refractivity contribution in [1.82, 2.24) is 14.9 Å². The minimum atomic E-state index is -0.0647. The summed E-state index contributed by atoms with van der Waals surface area (Å²) < 4.78 is 0. The van der Waals surface area contributed by atoms with Crippen LogP contribution in [0.15, 0.2) is 30.5 Å². The van der Waals surface area contributed by atoms with Gasteiger partial charge in [-0.15, -0.1) is 0 Å². The first-order chi connectivity index (χ1) is 10.6. The van der Waals surface area contributed by atoms with Crippen molar-refractivity contribution in [3.05, 3.63) is 46.2 Å². The highest BCUT2D eigenvalue weighted by atomic mass is 35.5. The molecule has 1 aliphatic rings. The van der Waals surface area contributed by atoms with E-state index in [4.69, 9.17) is 23.2 Å². The van der Waals surface area contributed by atoms with Gasteiger partial charge in [-0.2, -0.15) is 0 Å². The second kappa shape index (κ2) is 6.50. The summed E-state index contributed by atoms with van der Waals surface area (Å²) in [7, 11) is 0.